The number of rotatable bonds is 3. The van der Waals surface area contributed by atoms with E-state index in [1.54, 1.807) is 0 Å². The minimum atomic E-state index is -0.440. The number of hydrogen-bond acceptors (Lipinski definition) is 6. The van der Waals surface area contributed by atoms with E-state index in [4.69, 9.17) is 22.1 Å². The summed E-state index contributed by atoms with van der Waals surface area (Å²) in [6, 6.07) is 1.46. The average Bonchev–Trinajstić information content (AvgIpc) is 2.88. The maximum atomic E-state index is 11.4. The monoisotopic (exact) mass is 312 g/mol. The van der Waals surface area contributed by atoms with Crippen LogP contribution in [0.5, 0.6) is 0 Å². The Morgan fingerprint density at radius 2 is 2.45 bits per heavy atom. The van der Waals surface area contributed by atoms with E-state index in [1.807, 2.05) is 16.3 Å². The van der Waals surface area contributed by atoms with Crippen molar-refractivity contribution in [3.8, 4) is 0 Å². The lowest BCUT2D eigenvalue weighted by Crippen LogP contribution is -2.52. The summed E-state index contributed by atoms with van der Waals surface area (Å²) in [5.41, 5.74) is 5.39. The summed E-state index contributed by atoms with van der Waals surface area (Å²) in [4.78, 5) is 23.0. The molecule has 1 unspecified atom stereocenters. The zero-order valence-electron chi connectivity index (χ0n) is 10.6. The van der Waals surface area contributed by atoms with Gasteiger partial charge < -0.3 is 10.5 Å². The predicted molar refractivity (Wildman–Crippen MR) is 76.6 cm³/mol. The van der Waals surface area contributed by atoms with Gasteiger partial charge in [0, 0.05) is 11.9 Å². The number of amides is 1. The summed E-state index contributed by atoms with van der Waals surface area (Å²) in [5.74, 6) is 0.200. The van der Waals surface area contributed by atoms with Gasteiger partial charge >= 0.3 is 0 Å². The number of fused-ring (bicyclic) bond motifs is 1. The highest BCUT2D eigenvalue weighted by atomic mass is 35.5. The van der Waals surface area contributed by atoms with Gasteiger partial charge in [-0.2, -0.15) is 0 Å². The van der Waals surface area contributed by atoms with Gasteiger partial charge in [0.1, 0.15) is 21.8 Å². The number of hydrogen-bond donors (Lipinski definition) is 1. The second kappa shape index (κ2) is 5.61. The largest absolute Gasteiger partial charge is 0.378 e. The van der Waals surface area contributed by atoms with Crippen LogP contribution in [-0.2, 0) is 16.1 Å². The van der Waals surface area contributed by atoms with Gasteiger partial charge in [0.2, 0.25) is 5.91 Å². The number of morpholine rings is 1. The topological polar surface area (TPSA) is 81.3 Å². The average molecular weight is 313 g/mol. The van der Waals surface area contributed by atoms with E-state index in [1.165, 1.54) is 11.3 Å². The molecule has 0 aliphatic carbocycles. The van der Waals surface area contributed by atoms with E-state index < -0.39 is 11.9 Å². The van der Waals surface area contributed by atoms with Crippen LogP contribution in [0, 0.1) is 0 Å². The predicted octanol–water partition coefficient (Wildman–Crippen LogP) is 1.03. The SMILES string of the molecule is NC(=O)C1COCCN1Cc1nc(Cl)c2ccsc2n1. The third kappa shape index (κ3) is 2.62. The molecule has 1 saturated heterocycles. The minimum absolute atomic E-state index is 0.310. The van der Waals surface area contributed by atoms with Crippen molar-refractivity contribution in [3.63, 3.8) is 0 Å². The highest BCUT2D eigenvalue weighted by molar-refractivity contribution is 7.16. The number of aromatic nitrogens is 2. The van der Waals surface area contributed by atoms with Gasteiger partial charge in [0.25, 0.3) is 0 Å². The molecule has 3 heterocycles. The van der Waals surface area contributed by atoms with Crippen molar-refractivity contribution in [3.05, 3.63) is 22.4 Å². The Labute approximate surface area is 124 Å². The molecule has 2 N–H and O–H groups in total. The van der Waals surface area contributed by atoms with Crippen LogP contribution in [0.3, 0.4) is 0 Å². The number of ether oxygens (including phenoxy) is 1. The zero-order valence-corrected chi connectivity index (χ0v) is 12.2. The Kier molecular flexibility index (Phi) is 3.84. The minimum Gasteiger partial charge on any atom is -0.378 e. The molecule has 1 atom stereocenters. The fourth-order valence-electron chi connectivity index (χ4n) is 2.20. The lowest BCUT2D eigenvalue weighted by Gasteiger charge is -2.32. The van der Waals surface area contributed by atoms with E-state index in [0.29, 0.717) is 37.3 Å². The number of carbonyl (C=O) groups is 1. The van der Waals surface area contributed by atoms with Gasteiger partial charge in [-0.1, -0.05) is 11.6 Å². The molecule has 0 spiro atoms. The summed E-state index contributed by atoms with van der Waals surface area (Å²) in [6.45, 7) is 1.94. The van der Waals surface area contributed by atoms with Gasteiger partial charge in [-0.15, -0.1) is 11.3 Å². The van der Waals surface area contributed by atoms with Crippen molar-refractivity contribution < 1.29 is 9.53 Å². The van der Waals surface area contributed by atoms with Crippen LogP contribution in [0.2, 0.25) is 5.15 Å². The van der Waals surface area contributed by atoms with Crippen LogP contribution >= 0.6 is 22.9 Å². The maximum Gasteiger partial charge on any atom is 0.237 e. The summed E-state index contributed by atoms with van der Waals surface area (Å²) in [5, 5.41) is 3.22. The third-order valence-electron chi connectivity index (χ3n) is 3.24. The van der Waals surface area contributed by atoms with E-state index >= 15 is 0 Å². The maximum absolute atomic E-state index is 11.4. The molecule has 20 heavy (non-hydrogen) atoms. The smallest absolute Gasteiger partial charge is 0.237 e. The summed E-state index contributed by atoms with van der Waals surface area (Å²) >= 11 is 7.66. The van der Waals surface area contributed by atoms with Crippen molar-refractivity contribution in [1.29, 1.82) is 0 Å². The molecule has 0 radical (unpaired) electrons. The second-order valence-corrected chi connectivity index (χ2v) is 5.79. The fraction of sp³-hybridized carbons (Fsp3) is 0.417. The van der Waals surface area contributed by atoms with Crippen molar-refractivity contribution >= 4 is 39.1 Å². The zero-order chi connectivity index (χ0) is 14.1. The molecule has 3 rings (SSSR count). The Bertz CT molecular complexity index is 647. The van der Waals surface area contributed by atoms with E-state index in [9.17, 15) is 4.79 Å². The second-order valence-electron chi connectivity index (χ2n) is 4.53. The first kappa shape index (κ1) is 13.7. The van der Waals surface area contributed by atoms with Crippen LogP contribution in [0.4, 0.5) is 0 Å². The third-order valence-corrected chi connectivity index (χ3v) is 4.33. The van der Waals surface area contributed by atoms with Crippen LogP contribution < -0.4 is 5.73 Å². The molecule has 0 saturated carbocycles. The first-order chi connectivity index (χ1) is 9.65. The molecule has 2 aromatic rings. The Morgan fingerprint density at radius 1 is 1.60 bits per heavy atom. The molecular formula is C12H13ClN4O2S. The van der Waals surface area contributed by atoms with Gasteiger partial charge in [0.15, 0.2) is 0 Å². The van der Waals surface area contributed by atoms with Crippen LogP contribution in [0.1, 0.15) is 5.82 Å². The van der Waals surface area contributed by atoms with Gasteiger partial charge in [-0.25, -0.2) is 9.97 Å². The van der Waals surface area contributed by atoms with E-state index in [2.05, 4.69) is 9.97 Å². The highest BCUT2D eigenvalue weighted by Gasteiger charge is 2.28. The van der Waals surface area contributed by atoms with E-state index in [0.717, 1.165) is 10.2 Å². The molecular weight excluding hydrogens is 300 g/mol. The number of nitrogens with two attached hydrogens (primary N) is 1. The normalized spacial score (nSPS) is 20.4. The summed E-state index contributed by atoms with van der Waals surface area (Å²) < 4.78 is 5.29. The number of nitrogens with zero attached hydrogens (tertiary/aromatic N) is 3. The summed E-state index contributed by atoms with van der Waals surface area (Å²) in [7, 11) is 0. The van der Waals surface area contributed by atoms with E-state index in [-0.39, 0.29) is 0 Å². The lowest BCUT2D eigenvalue weighted by molar-refractivity contribution is -0.129. The number of thiophene rings is 1. The Morgan fingerprint density at radius 3 is 3.25 bits per heavy atom. The first-order valence-electron chi connectivity index (χ1n) is 6.16. The number of halogens is 1. The molecule has 8 heteroatoms. The highest BCUT2D eigenvalue weighted by Crippen LogP contribution is 2.25. The molecule has 106 valence electrons. The van der Waals surface area contributed by atoms with Gasteiger partial charge in [-0.3, -0.25) is 9.69 Å². The van der Waals surface area contributed by atoms with Crippen molar-refractivity contribution in [1.82, 2.24) is 14.9 Å². The molecule has 1 aliphatic heterocycles. The lowest BCUT2D eigenvalue weighted by atomic mass is 10.2. The molecule has 0 aromatic carbocycles. The van der Waals surface area contributed by atoms with Gasteiger partial charge in [-0.05, 0) is 11.4 Å². The standard InChI is InChI=1S/C12H13ClN4O2S/c13-10-7-1-4-20-12(7)16-9(15-10)5-17-2-3-19-6-8(17)11(14)18/h1,4,8H,2-3,5-6H2,(H2,14,18). The van der Waals surface area contributed by atoms with Crippen LogP contribution in [-0.4, -0.2) is 46.6 Å². The summed E-state index contributed by atoms with van der Waals surface area (Å²) in [6.07, 6.45) is 0. The van der Waals surface area contributed by atoms with Crippen molar-refractivity contribution in [2.45, 2.75) is 12.6 Å². The first-order valence-corrected chi connectivity index (χ1v) is 7.41. The quantitative estimate of drug-likeness (QED) is 0.856. The molecule has 2 aromatic heterocycles. The Balaban J connectivity index is 1.85. The number of carbonyl (C=O) groups excluding carboxylic acids is 1. The molecule has 1 aliphatic rings. The van der Waals surface area contributed by atoms with Crippen LogP contribution in [0.25, 0.3) is 10.2 Å². The van der Waals surface area contributed by atoms with Crippen molar-refractivity contribution in [2.75, 3.05) is 19.8 Å². The molecule has 1 fully saturated rings. The number of primary amides is 1. The molecule has 1 amide bonds. The molecule has 0 bridgehead atoms. The Hall–Kier alpha value is -1.28. The fourth-order valence-corrected chi connectivity index (χ4v) is 3.29. The molecule has 6 nitrogen and oxygen atoms in total. The van der Waals surface area contributed by atoms with Crippen molar-refractivity contribution in [2.24, 2.45) is 5.73 Å². The van der Waals surface area contributed by atoms with Gasteiger partial charge in [0.05, 0.1) is 19.8 Å². The van der Waals surface area contributed by atoms with Crippen LogP contribution in [0.15, 0.2) is 11.4 Å².